The number of benzene rings is 1. The topological polar surface area (TPSA) is 29.5 Å². The molecule has 1 saturated heterocycles. The van der Waals surface area contributed by atoms with Crippen LogP contribution in [-0.2, 0) is 11.2 Å². The van der Waals surface area contributed by atoms with E-state index in [1.807, 2.05) is 0 Å². The molecule has 0 spiro atoms. The third kappa shape index (κ3) is 3.83. The summed E-state index contributed by atoms with van der Waals surface area (Å²) in [6, 6.07) is 8.55. The summed E-state index contributed by atoms with van der Waals surface area (Å²) in [5.74, 6) is 0.333. The summed E-state index contributed by atoms with van der Waals surface area (Å²) < 4.78 is 5.64. The second kappa shape index (κ2) is 6.18. The van der Waals surface area contributed by atoms with Crippen molar-refractivity contribution in [3.05, 3.63) is 35.4 Å². The van der Waals surface area contributed by atoms with Crippen LogP contribution in [0, 0.1) is 12.8 Å². The molecule has 0 saturated carbocycles. The van der Waals surface area contributed by atoms with Gasteiger partial charge in [-0.15, -0.1) is 0 Å². The lowest BCUT2D eigenvalue weighted by molar-refractivity contribution is 0.0766. The van der Waals surface area contributed by atoms with Gasteiger partial charge in [-0.1, -0.05) is 29.8 Å². The number of hydrogen-bond donors (Lipinski definition) is 1. The van der Waals surface area contributed by atoms with Gasteiger partial charge >= 0.3 is 0 Å². The number of hydrogen-bond acceptors (Lipinski definition) is 2. The first-order valence-corrected chi connectivity index (χ1v) is 6.56. The maximum atomic E-state index is 9.46. The fourth-order valence-corrected chi connectivity index (χ4v) is 2.60. The highest BCUT2D eigenvalue weighted by Gasteiger charge is 2.20. The Morgan fingerprint density at radius 1 is 1.47 bits per heavy atom. The van der Waals surface area contributed by atoms with Gasteiger partial charge in [0.15, 0.2) is 0 Å². The second-order valence-electron chi connectivity index (χ2n) is 5.11. The minimum Gasteiger partial charge on any atom is -0.396 e. The van der Waals surface area contributed by atoms with Crippen molar-refractivity contribution < 1.29 is 9.84 Å². The molecule has 2 nitrogen and oxygen atoms in total. The van der Waals surface area contributed by atoms with Crippen LogP contribution in [0.5, 0.6) is 0 Å². The zero-order valence-electron chi connectivity index (χ0n) is 10.6. The van der Waals surface area contributed by atoms with Gasteiger partial charge in [-0.3, -0.25) is 0 Å². The van der Waals surface area contributed by atoms with Crippen molar-refractivity contribution in [3.8, 4) is 0 Å². The zero-order valence-corrected chi connectivity index (χ0v) is 10.6. The first-order chi connectivity index (χ1) is 8.28. The molecule has 0 aliphatic carbocycles. The second-order valence-corrected chi connectivity index (χ2v) is 5.11. The van der Waals surface area contributed by atoms with Crippen molar-refractivity contribution in [1.29, 1.82) is 0 Å². The van der Waals surface area contributed by atoms with Crippen molar-refractivity contribution in [2.24, 2.45) is 5.92 Å². The van der Waals surface area contributed by atoms with Gasteiger partial charge in [0.1, 0.15) is 0 Å². The molecule has 0 radical (unpaired) electrons. The molecule has 2 atom stereocenters. The molecule has 1 aliphatic heterocycles. The van der Waals surface area contributed by atoms with Crippen LogP contribution in [0.1, 0.15) is 30.4 Å². The highest BCUT2D eigenvalue weighted by atomic mass is 16.5. The van der Waals surface area contributed by atoms with Crippen LogP contribution in [0.2, 0.25) is 0 Å². The fourth-order valence-electron chi connectivity index (χ4n) is 2.60. The lowest BCUT2D eigenvalue weighted by Crippen LogP contribution is -2.18. The van der Waals surface area contributed by atoms with Crippen molar-refractivity contribution >= 4 is 0 Å². The first-order valence-electron chi connectivity index (χ1n) is 6.56. The molecule has 2 heteroatoms. The molecule has 1 N–H and O–H groups in total. The molecule has 2 unspecified atom stereocenters. The summed E-state index contributed by atoms with van der Waals surface area (Å²) in [6.45, 7) is 3.26. The lowest BCUT2D eigenvalue weighted by Gasteiger charge is -2.18. The summed E-state index contributed by atoms with van der Waals surface area (Å²) >= 11 is 0. The monoisotopic (exact) mass is 234 g/mol. The van der Waals surface area contributed by atoms with Crippen molar-refractivity contribution in [2.75, 3.05) is 13.2 Å². The van der Waals surface area contributed by atoms with E-state index < -0.39 is 0 Å². The Morgan fingerprint density at radius 2 is 2.35 bits per heavy atom. The van der Waals surface area contributed by atoms with Crippen LogP contribution < -0.4 is 0 Å². The largest absolute Gasteiger partial charge is 0.396 e. The first kappa shape index (κ1) is 12.6. The summed E-state index contributed by atoms with van der Waals surface area (Å²) in [5, 5.41) is 9.46. The Hall–Kier alpha value is -0.860. The SMILES string of the molecule is Cc1cccc(CC(CO)CC2CCCO2)c1. The summed E-state index contributed by atoms with van der Waals surface area (Å²) in [7, 11) is 0. The predicted molar refractivity (Wildman–Crippen MR) is 69.0 cm³/mol. The van der Waals surface area contributed by atoms with Gasteiger partial charge in [0.25, 0.3) is 0 Å². The molecule has 1 aliphatic rings. The Balaban J connectivity index is 1.90. The number of aryl methyl sites for hydroxylation is 1. The normalized spacial score (nSPS) is 21.6. The number of aliphatic hydroxyl groups excluding tert-OH is 1. The van der Waals surface area contributed by atoms with Crippen LogP contribution >= 0.6 is 0 Å². The van der Waals surface area contributed by atoms with Crippen molar-refractivity contribution in [3.63, 3.8) is 0 Å². The molecular weight excluding hydrogens is 212 g/mol. The number of aliphatic hydroxyl groups is 1. The van der Waals surface area contributed by atoms with E-state index in [4.69, 9.17) is 4.74 Å². The van der Waals surface area contributed by atoms with Gasteiger partial charge in [0, 0.05) is 13.2 Å². The maximum absolute atomic E-state index is 9.46. The summed E-state index contributed by atoms with van der Waals surface area (Å²) in [5.41, 5.74) is 2.61. The fraction of sp³-hybridized carbons (Fsp3) is 0.600. The van der Waals surface area contributed by atoms with Crippen LogP contribution in [0.4, 0.5) is 0 Å². The molecule has 1 aromatic rings. The Kier molecular flexibility index (Phi) is 4.57. The Labute approximate surface area is 104 Å². The van der Waals surface area contributed by atoms with Gasteiger partial charge in [-0.25, -0.2) is 0 Å². The summed E-state index contributed by atoms with van der Waals surface area (Å²) in [4.78, 5) is 0. The maximum Gasteiger partial charge on any atom is 0.0579 e. The standard InChI is InChI=1S/C15H22O2/c1-12-4-2-5-13(8-12)9-14(11-16)10-15-6-3-7-17-15/h2,4-5,8,14-16H,3,6-7,9-11H2,1H3. The molecule has 94 valence electrons. The van der Waals surface area contributed by atoms with Crippen LogP contribution in [0.3, 0.4) is 0 Å². The van der Waals surface area contributed by atoms with E-state index in [-0.39, 0.29) is 6.61 Å². The molecule has 17 heavy (non-hydrogen) atoms. The molecule has 0 aromatic heterocycles. The van der Waals surface area contributed by atoms with Crippen LogP contribution in [0.25, 0.3) is 0 Å². The molecule has 1 heterocycles. The molecule has 0 bridgehead atoms. The van der Waals surface area contributed by atoms with Crippen molar-refractivity contribution in [2.45, 2.75) is 38.7 Å². The van der Waals surface area contributed by atoms with E-state index in [9.17, 15) is 5.11 Å². The van der Waals surface area contributed by atoms with Gasteiger partial charge in [0.2, 0.25) is 0 Å². The molecular formula is C15H22O2. The van der Waals surface area contributed by atoms with E-state index in [2.05, 4.69) is 31.2 Å². The van der Waals surface area contributed by atoms with E-state index in [0.29, 0.717) is 12.0 Å². The third-order valence-corrected chi connectivity index (χ3v) is 3.49. The van der Waals surface area contributed by atoms with E-state index in [1.54, 1.807) is 0 Å². The minimum atomic E-state index is 0.258. The molecule has 0 amide bonds. The average Bonchev–Trinajstić information content (AvgIpc) is 2.81. The Bertz CT molecular complexity index is 343. The number of ether oxygens (including phenoxy) is 1. The van der Waals surface area contributed by atoms with E-state index >= 15 is 0 Å². The zero-order chi connectivity index (χ0) is 12.1. The van der Waals surface area contributed by atoms with E-state index in [1.165, 1.54) is 17.5 Å². The minimum absolute atomic E-state index is 0.258. The van der Waals surface area contributed by atoms with Gasteiger partial charge in [-0.05, 0) is 44.1 Å². The average molecular weight is 234 g/mol. The van der Waals surface area contributed by atoms with E-state index in [0.717, 1.165) is 25.9 Å². The lowest BCUT2D eigenvalue weighted by atomic mass is 9.93. The highest BCUT2D eigenvalue weighted by Crippen LogP contribution is 2.22. The number of rotatable bonds is 5. The predicted octanol–water partition coefficient (Wildman–Crippen LogP) is 2.72. The molecule has 1 aromatic carbocycles. The summed E-state index contributed by atoms with van der Waals surface area (Å²) in [6.07, 6.45) is 4.65. The molecule has 2 rings (SSSR count). The third-order valence-electron chi connectivity index (χ3n) is 3.49. The Morgan fingerprint density at radius 3 is 3.00 bits per heavy atom. The van der Waals surface area contributed by atoms with Gasteiger partial charge < -0.3 is 9.84 Å². The van der Waals surface area contributed by atoms with Crippen LogP contribution in [0.15, 0.2) is 24.3 Å². The quantitative estimate of drug-likeness (QED) is 0.849. The smallest absolute Gasteiger partial charge is 0.0579 e. The van der Waals surface area contributed by atoms with Crippen molar-refractivity contribution in [1.82, 2.24) is 0 Å². The van der Waals surface area contributed by atoms with Crippen LogP contribution in [-0.4, -0.2) is 24.4 Å². The van der Waals surface area contributed by atoms with Gasteiger partial charge in [-0.2, -0.15) is 0 Å². The highest BCUT2D eigenvalue weighted by molar-refractivity contribution is 5.22. The van der Waals surface area contributed by atoms with Gasteiger partial charge in [0.05, 0.1) is 6.10 Å². The molecule has 1 fully saturated rings.